The van der Waals surface area contributed by atoms with Gasteiger partial charge in [-0.25, -0.2) is 28.7 Å². The lowest BCUT2D eigenvalue weighted by molar-refractivity contribution is -0.125. The second-order valence-electron chi connectivity index (χ2n) is 10.9. The molecule has 1 atom stereocenters. The fraction of sp³-hybridized carbons (Fsp3) is 0.267. The molecule has 12 nitrogen and oxygen atoms in total. The summed E-state index contributed by atoms with van der Waals surface area (Å²) >= 11 is 0. The normalized spacial score (nSPS) is 14.9. The molecule has 1 aromatic carbocycles. The molecule has 0 fully saturated rings. The lowest BCUT2D eigenvalue weighted by Crippen LogP contribution is -2.44. The zero-order valence-electron chi connectivity index (χ0n) is 24.1. The number of amides is 2. The van der Waals surface area contributed by atoms with E-state index in [2.05, 4.69) is 25.3 Å². The molecule has 0 spiro atoms. The molecule has 0 radical (unpaired) electrons. The molecule has 0 aliphatic carbocycles. The van der Waals surface area contributed by atoms with Crippen molar-refractivity contribution >= 4 is 23.1 Å². The smallest absolute Gasteiger partial charge is 0.268 e. The van der Waals surface area contributed by atoms with Gasteiger partial charge in [0.05, 0.1) is 35.9 Å². The number of carbonyl (C=O) groups is 2. The number of nitrogens with zero attached hydrogens (tertiary/aromatic N) is 6. The van der Waals surface area contributed by atoms with E-state index < -0.39 is 35.2 Å². The molecule has 226 valence electrons. The van der Waals surface area contributed by atoms with Crippen LogP contribution in [0.3, 0.4) is 0 Å². The van der Waals surface area contributed by atoms with E-state index in [0.29, 0.717) is 22.6 Å². The van der Waals surface area contributed by atoms with Gasteiger partial charge in [-0.15, -0.1) is 0 Å². The third-order valence-corrected chi connectivity index (χ3v) is 7.23. The van der Waals surface area contributed by atoms with Gasteiger partial charge in [-0.1, -0.05) is 0 Å². The minimum absolute atomic E-state index is 0.0329. The van der Waals surface area contributed by atoms with Crippen LogP contribution in [-0.4, -0.2) is 47.4 Å². The first-order valence-electron chi connectivity index (χ1n) is 13.6. The maximum Gasteiger partial charge on any atom is 0.268 e. The number of fused-ring (bicyclic) bond motifs is 2. The standard InChI is InChI=1S/C30H27F2N7O5/c1-15-24(38-11-20(21(31)7-25(38)37-15)18-8-34-29(35-9-18)30(3,4)42)12-39-23-6-17(27(40)33-10-19-13-43-14-36-19)5-22(32)26(23)44-16(2)28(39)41/h5-9,11,13-14,16,42H,10,12H2,1-4H3,(H,33,40). The van der Waals surface area contributed by atoms with Crippen LogP contribution in [0.2, 0.25) is 0 Å². The average Bonchev–Trinajstić information content (AvgIpc) is 3.60. The van der Waals surface area contributed by atoms with E-state index in [9.17, 15) is 14.7 Å². The molecule has 4 aromatic heterocycles. The van der Waals surface area contributed by atoms with Crippen molar-refractivity contribution < 1.29 is 32.6 Å². The van der Waals surface area contributed by atoms with Gasteiger partial charge in [0.25, 0.3) is 11.8 Å². The van der Waals surface area contributed by atoms with Crippen LogP contribution in [0.5, 0.6) is 5.75 Å². The molecule has 0 saturated carbocycles. The van der Waals surface area contributed by atoms with Crippen molar-refractivity contribution in [2.45, 2.75) is 52.5 Å². The topological polar surface area (TPSA) is 148 Å². The van der Waals surface area contributed by atoms with Crippen molar-refractivity contribution in [3.8, 4) is 16.9 Å². The molecule has 0 bridgehead atoms. The van der Waals surface area contributed by atoms with E-state index in [0.717, 1.165) is 6.07 Å². The molecule has 6 rings (SSSR count). The minimum Gasteiger partial charge on any atom is -0.476 e. The Morgan fingerprint density at radius 3 is 2.57 bits per heavy atom. The number of hydrogen-bond donors (Lipinski definition) is 2. The Morgan fingerprint density at radius 1 is 1.14 bits per heavy atom. The number of ether oxygens (including phenoxy) is 1. The lowest BCUT2D eigenvalue weighted by atomic mass is 10.1. The summed E-state index contributed by atoms with van der Waals surface area (Å²) in [6.07, 6.45) is 5.93. The minimum atomic E-state index is -1.27. The zero-order chi connectivity index (χ0) is 31.3. The number of aromatic nitrogens is 5. The summed E-state index contributed by atoms with van der Waals surface area (Å²) in [5.74, 6) is -2.44. The summed E-state index contributed by atoms with van der Waals surface area (Å²) in [4.78, 5) is 44.4. The van der Waals surface area contributed by atoms with Crippen LogP contribution < -0.4 is 15.0 Å². The largest absolute Gasteiger partial charge is 0.476 e. The Labute approximate surface area is 249 Å². The number of anilines is 1. The van der Waals surface area contributed by atoms with Gasteiger partial charge in [0.2, 0.25) is 0 Å². The van der Waals surface area contributed by atoms with Crippen molar-refractivity contribution in [2.75, 3.05) is 4.90 Å². The number of imidazole rings is 1. The summed E-state index contributed by atoms with van der Waals surface area (Å²) in [6.45, 7) is 6.26. The van der Waals surface area contributed by atoms with Gasteiger partial charge in [0, 0.05) is 41.3 Å². The van der Waals surface area contributed by atoms with Crippen molar-refractivity contribution in [3.63, 3.8) is 0 Å². The average molecular weight is 604 g/mol. The fourth-order valence-electron chi connectivity index (χ4n) is 4.92. The molecule has 0 saturated heterocycles. The maximum absolute atomic E-state index is 15.3. The Kier molecular flexibility index (Phi) is 7.08. The van der Waals surface area contributed by atoms with Gasteiger partial charge < -0.3 is 24.0 Å². The number of hydrogen-bond acceptors (Lipinski definition) is 9. The van der Waals surface area contributed by atoms with Crippen LogP contribution in [0.15, 0.2) is 53.9 Å². The van der Waals surface area contributed by atoms with Crippen LogP contribution in [0.1, 0.15) is 54.0 Å². The van der Waals surface area contributed by atoms with E-state index >= 15 is 8.78 Å². The van der Waals surface area contributed by atoms with Crippen molar-refractivity contribution in [3.05, 3.63) is 89.6 Å². The number of benzene rings is 1. The van der Waals surface area contributed by atoms with Gasteiger partial charge in [-0.2, -0.15) is 0 Å². The molecule has 1 aliphatic heterocycles. The number of carbonyl (C=O) groups excluding carboxylic acids is 2. The highest BCUT2D eigenvalue weighted by Crippen LogP contribution is 2.39. The molecular formula is C30H27F2N7O5. The van der Waals surface area contributed by atoms with E-state index in [1.165, 1.54) is 55.2 Å². The third kappa shape index (κ3) is 5.24. The van der Waals surface area contributed by atoms with Crippen LogP contribution >= 0.6 is 0 Å². The van der Waals surface area contributed by atoms with Crippen molar-refractivity contribution in [1.29, 1.82) is 0 Å². The first-order chi connectivity index (χ1) is 20.9. The van der Waals surface area contributed by atoms with E-state index in [1.807, 2.05) is 0 Å². The molecule has 1 aliphatic rings. The SMILES string of the molecule is Cc1nc2cc(F)c(-c3cnc(C(C)(C)O)nc3)cn2c1CN1C(=O)C(C)Oc2c(F)cc(C(=O)NCc3cocn3)cc21. The molecule has 2 amide bonds. The van der Waals surface area contributed by atoms with Gasteiger partial charge in [-0.3, -0.25) is 14.5 Å². The number of oxazole rings is 1. The first kappa shape index (κ1) is 28.9. The number of halogens is 2. The van der Waals surface area contributed by atoms with Crippen molar-refractivity contribution in [1.82, 2.24) is 29.7 Å². The monoisotopic (exact) mass is 603 g/mol. The van der Waals surface area contributed by atoms with E-state index in [1.54, 1.807) is 25.2 Å². The predicted molar refractivity (Wildman–Crippen MR) is 152 cm³/mol. The van der Waals surface area contributed by atoms with Gasteiger partial charge in [-0.05, 0) is 39.8 Å². The second-order valence-corrected chi connectivity index (χ2v) is 10.9. The van der Waals surface area contributed by atoms with E-state index in [-0.39, 0.29) is 47.1 Å². The number of aliphatic hydroxyl groups is 1. The third-order valence-electron chi connectivity index (χ3n) is 7.23. The van der Waals surface area contributed by atoms with Crippen LogP contribution in [-0.2, 0) is 23.5 Å². The Balaban J connectivity index is 1.37. The van der Waals surface area contributed by atoms with Crippen molar-refractivity contribution in [2.24, 2.45) is 0 Å². The second kappa shape index (κ2) is 10.8. The maximum atomic E-state index is 15.3. The molecule has 5 aromatic rings. The van der Waals surface area contributed by atoms with Gasteiger partial charge in [0.15, 0.2) is 29.9 Å². The van der Waals surface area contributed by atoms with Crippen LogP contribution in [0.4, 0.5) is 14.5 Å². The quantitative estimate of drug-likeness (QED) is 0.283. The number of aryl methyl sites for hydroxylation is 1. The highest BCUT2D eigenvalue weighted by molar-refractivity contribution is 6.02. The van der Waals surface area contributed by atoms with E-state index in [4.69, 9.17) is 9.15 Å². The zero-order valence-corrected chi connectivity index (χ0v) is 24.1. The highest BCUT2D eigenvalue weighted by Gasteiger charge is 2.35. The summed E-state index contributed by atoms with van der Waals surface area (Å²) in [5, 5.41) is 12.8. The molecule has 14 heteroatoms. The predicted octanol–water partition coefficient (Wildman–Crippen LogP) is 3.84. The summed E-state index contributed by atoms with van der Waals surface area (Å²) in [7, 11) is 0. The van der Waals surface area contributed by atoms with Gasteiger partial charge in [0.1, 0.15) is 23.3 Å². The molecular weight excluding hydrogens is 576 g/mol. The lowest BCUT2D eigenvalue weighted by Gasteiger charge is -2.33. The molecule has 2 N–H and O–H groups in total. The molecule has 5 heterocycles. The van der Waals surface area contributed by atoms with Crippen LogP contribution in [0.25, 0.3) is 16.8 Å². The fourth-order valence-corrected chi connectivity index (χ4v) is 4.92. The van der Waals surface area contributed by atoms with Crippen LogP contribution in [0, 0.1) is 18.6 Å². The first-order valence-corrected chi connectivity index (χ1v) is 13.6. The Morgan fingerprint density at radius 2 is 1.89 bits per heavy atom. The summed E-state index contributed by atoms with van der Waals surface area (Å²) < 4.78 is 42.7. The number of pyridine rings is 1. The highest BCUT2D eigenvalue weighted by atomic mass is 19.1. The Hall–Kier alpha value is -5.24. The number of rotatable bonds is 7. The number of nitrogens with one attached hydrogen (secondary N) is 1. The Bertz CT molecular complexity index is 1900. The summed E-state index contributed by atoms with van der Waals surface area (Å²) in [6, 6.07) is 3.67. The summed E-state index contributed by atoms with van der Waals surface area (Å²) in [5.41, 5.74) is 1.07. The van der Waals surface area contributed by atoms with Gasteiger partial charge >= 0.3 is 0 Å². The molecule has 1 unspecified atom stereocenters. The molecule has 44 heavy (non-hydrogen) atoms.